The Hall–Kier alpha value is -2.43. The summed E-state index contributed by atoms with van der Waals surface area (Å²) < 4.78 is 28.0. The van der Waals surface area contributed by atoms with Crippen LogP contribution in [-0.4, -0.2) is 12.4 Å². The Morgan fingerprint density at radius 3 is 2.30 bits per heavy atom. The van der Waals surface area contributed by atoms with Gasteiger partial charge in [0.05, 0.1) is 11.4 Å². The zero-order valence-electron chi connectivity index (χ0n) is 11.0. The molecular formula is C15H15F2N3. The van der Waals surface area contributed by atoms with E-state index in [2.05, 4.69) is 0 Å². The molecule has 0 heterocycles. The topological polar surface area (TPSA) is 53.1 Å². The maximum atomic E-state index is 14.1. The van der Waals surface area contributed by atoms with Gasteiger partial charge in [-0.1, -0.05) is 12.1 Å². The van der Waals surface area contributed by atoms with Crippen LogP contribution in [0.2, 0.25) is 0 Å². The highest BCUT2D eigenvalue weighted by molar-refractivity contribution is 5.95. The first-order valence-electron chi connectivity index (χ1n) is 6.20. The Morgan fingerprint density at radius 1 is 1.10 bits per heavy atom. The average molecular weight is 275 g/mol. The molecule has 0 saturated heterocycles. The quantitative estimate of drug-likeness (QED) is 0.663. The first kappa shape index (κ1) is 14.0. The van der Waals surface area contributed by atoms with Gasteiger partial charge in [-0.25, -0.2) is 8.78 Å². The zero-order valence-corrected chi connectivity index (χ0v) is 11.0. The van der Waals surface area contributed by atoms with Crippen LogP contribution < -0.4 is 10.6 Å². The molecule has 0 aliphatic rings. The largest absolute Gasteiger partial charge is 0.384 e. The van der Waals surface area contributed by atoms with Crippen LogP contribution in [0.25, 0.3) is 0 Å². The van der Waals surface area contributed by atoms with E-state index in [1.807, 2.05) is 6.92 Å². The fourth-order valence-electron chi connectivity index (χ4n) is 2.03. The van der Waals surface area contributed by atoms with Crippen LogP contribution in [0.3, 0.4) is 0 Å². The fourth-order valence-corrected chi connectivity index (χ4v) is 2.03. The molecule has 0 fully saturated rings. The van der Waals surface area contributed by atoms with E-state index in [1.54, 1.807) is 24.3 Å². The van der Waals surface area contributed by atoms with Crippen molar-refractivity contribution in [1.29, 1.82) is 5.41 Å². The highest BCUT2D eigenvalue weighted by Gasteiger charge is 2.16. The lowest BCUT2D eigenvalue weighted by Gasteiger charge is -2.24. The molecule has 3 nitrogen and oxygen atoms in total. The summed E-state index contributed by atoms with van der Waals surface area (Å²) in [5.41, 5.74) is 6.18. The maximum Gasteiger partial charge on any atom is 0.147 e. The molecule has 3 N–H and O–H groups in total. The second kappa shape index (κ2) is 5.69. The monoisotopic (exact) mass is 275 g/mol. The lowest BCUT2D eigenvalue weighted by Crippen LogP contribution is -2.19. The molecule has 0 aliphatic heterocycles. The van der Waals surface area contributed by atoms with Gasteiger partial charge in [-0.15, -0.1) is 0 Å². The number of benzene rings is 2. The predicted octanol–water partition coefficient (Wildman–Crippen LogP) is 3.41. The van der Waals surface area contributed by atoms with Crippen molar-refractivity contribution in [3.05, 3.63) is 59.7 Å². The molecule has 5 heteroatoms. The average Bonchev–Trinajstić information content (AvgIpc) is 2.43. The van der Waals surface area contributed by atoms with Crippen molar-refractivity contribution >= 4 is 17.2 Å². The van der Waals surface area contributed by atoms with E-state index >= 15 is 0 Å². The van der Waals surface area contributed by atoms with Crippen molar-refractivity contribution in [2.75, 3.05) is 11.4 Å². The van der Waals surface area contributed by atoms with Crippen molar-refractivity contribution < 1.29 is 8.78 Å². The lowest BCUT2D eigenvalue weighted by atomic mass is 10.1. The van der Waals surface area contributed by atoms with Crippen LogP contribution in [-0.2, 0) is 0 Å². The Kier molecular flexibility index (Phi) is 3.98. The van der Waals surface area contributed by atoms with Gasteiger partial charge in [0, 0.05) is 12.1 Å². The third-order valence-corrected chi connectivity index (χ3v) is 3.01. The van der Waals surface area contributed by atoms with Crippen LogP contribution in [0, 0.1) is 17.0 Å². The van der Waals surface area contributed by atoms with Crippen LogP contribution >= 0.6 is 0 Å². The summed E-state index contributed by atoms with van der Waals surface area (Å²) in [5, 5.41) is 7.29. The van der Waals surface area contributed by atoms with Crippen molar-refractivity contribution in [2.45, 2.75) is 6.92 Å². The molecule has 0 bridgehead atoms. The molecule has 2 aromatic rings. The minimum Gasteiger partial charge on any atom is -0.384 e. The van der Waals surface area contributed by atoms with Gasteiger partial charge in [-0.05, 0) is 37.3 Å². The first-order valence-corrected chi connectivity index (χ1v) is 6.20. The van der Waals surface area contributed by atoms with E-state index in [-0.39, 0.29) is 11.5 Å². The molecule has 0 amide bonds. The van der Waals surface area contributed by atoms with E-state index in [0.717, 1.165) is 0 Å². The van der Waals surface area contributed by atoms with Crippen LogP contribution in [0.5, 0.6) is 0 Å². The number of nitrogens with zero attached hydrogens (tertiary/aromatic N) is 1. The Morgan fingerprint density at radius 2 is 1.75 bits per heavy atom. The number of anilines is 2. The molecule has 20 heavy (non-hydrogen) atoms. The number of nitrogens with one attached hydrogen (secondary N) is 1. The number of nitrogens with two attached hydrogens (primary N) is 1. The SMILES string of the molecule is CCN(c1ccccc1F)c1ccc(C(=N)N)cc1F. The van der Waals surface area contributed by atoms with E-state index in [9.17, 15) is 8.78 Å². The Balaban J connectivity index is 2.48. The number of amidine groups is 1. The summed E-state index contributed by atoms with van der Waals surface area (Å²) in [6.45, 7) is 2.22. The molecule has 104 valence electrons. The number of para-hydroxylation sites is 1. The fraction of sp³-hybridized carbons (Fsp3) is 0.133. The van der Waals surface area contributed by atoms with Gasteiger partial charge in [0.1, 0.15) is 17.5 Å². The predicted molar refractivity (Wildman–Crippen MR) is 76.5 cm³/mol. The lowest BCUT2D eigenvalue weighted by molar-refractivity contribution is 0.614. The van der Waals surface area contributed by atoms with Crippen molar-refractivity contribution in [3.63, 3.8) is 0 Å². The molecule has 0 aliphatic carbocycles. The van der Waals surface area contributed by atoms with Gasteiger partial charge >= 0.3 is 0 Å². The number of nitrogen functional groups attached to an aromatic ring is 1. The molecule has 0 aromatic heterocycles. The van der Waals surface area contributed by atoms with Crippen LogP contribution in [0.1, 0.15) is 12.5 Å². The van der Waals surface area contributed by atoms with Crippen molar-refractivity contribution in [2.24, 2.45) is 5.73 Å². The number of hydrogen-bond acceptors (Lipinski definition) is 2. The Bertz CT molecular complexity index is 641. The molecule has 0 atom stereocenters. The minimum absolute atomic E-state index is 0.204. The number of hydrogen-bond donors (Lipinski definition) is 2. The molecule has 0 spiro atoms. The van der Waals surface area contributed by atoms with E-state index < -0.39 is 11.6 Å². The number of halogens is 2. The first-order chi connectivity index (χ1) is 9.54. The molecule has 0 unspecified atom stereocenters. The van der Waals surface area contributed by atoms with Gasteiger partial charge in [0.25, 0.3) is 0 Å². The summed E-state index contributed by atoms with van der Waals surface area (Å²) in [6, 6.07) is 10.4. The van der Waals surface area contributed by atoms with Crippen molar-refractivity contribution in [3.8, 4) is 0 Å². The summed E-state index contributed by atoms with van der Waals surface area (Å²) in [6.07, 6.45) is 0. The highest BCUT2D eigenvalue weighted by atomic mass is 19.1. The molecule has 2 rings (SSSR count). The van der Waals surface area contributed by atoms with Crippen LogP contribution in [0.4, 0.5) is 20.2 Å². The van der Waals surface area contributed by atoms with E-state index in [1.165, 1.54) is 23.1 Å². The second-order valence-corrected chi connectivity index (χ2v) is 4.28. The van der Waals surface area contributed by atoms with E-state index in [4.69, 9.17) is 11.1 Å². The van der Waals surface area contributed by atoms with Gasteiger partial charge in [-0.2, -0.15) is 0 Å². The van der Waals surface area contributed by atoms with Crippen molar-refractivity contribution in [1.82, 2.24) is 0 Å². The smallest absolute Gasteiger partial charge is 0.147 e. The van der Waals surface area contributed by atoms with Gasteiger partial charge < -0.3 is 10.6 Å². The second-order valence-electron chi connectivity index (χ2n) is 4.28. The third kappa shape index (κ3) is 2.61. The summed E-state index contributed by atoms with van der Waals surface area (Å²) in [7, 11) is 0. The van der Waals surface area contributed by atoms with Crippen LogP contribution in [0.15, 0.2) is 42.5 Å². The highest BCUT2D eigenvalue weighted by Crippen LogP contribution is 2.30. The molecule has 0 saturated carbocycles. The zero-order chi connectivity index (χ0) is 14.7. The third-order valence-electron chi connectivity index (χ3n) is 3.01. The van der Waals surface area contributed by atoms with Gasteiger partial charge in [0.2, 0.25) is 0 Å². The normalized spacial score (nSPS) is 10.3. The maximum absolute atomic E-state index is 14.1. The van der Waals surface area contributed by atoms with E-state index in [0.29, 0.717) is 17.8 Å². The molecule has 0 radical (unpaired) electrons. The van der Waals surface area contributed by atoms with Gasteiger partial charge in [0.15, 0.2) is 0 Å². The Labute approximate surface area is 116 Å². The number of rotatable bonds is 4. The summed E-state index contributed by atoms with van der Waals surface area (Å²) in [4.78, 5) is 1.54. The molecule has 2 aromatic carbocycles. The minimum atomic E-state index is -0.539. The summed E-state index contributed by atoms with van der Waals surface area (Å²) >= 11 is 0. The summed E-state index contributed by atoms with van der Waals surface area (Å²) in [5.74, 6) is -1.16. The molecular weight excluding hydrogens is 260 g/mol. The van der Waals surface area contributed by atoms with Gasteiger partial charge in [-0.3, -0.25) is 5.41 Å². The standard InChI is InChI=1S/C15H15F2N3/c1-2-20(13-6-4-3-5-11(13)16)14-8-7-10(15(18)19)9-12(14)17/h3-9H,2H2,1H3,(H3,18,19).